The normalized spacial score (nSPS) is 10.4. The molecule has 0 aliphatic heterocycles. The van der Waals surface area contributed by atoms with E-state index < -0.39 is 10.9 Å². The summed E-state index contributed by atoms with van der Waals surface area (Å²) in [6, 6.07) is 4.17. The zero-order chi connectivity index (χ0) is 14.0. The van der Waals surface area contributed by atoms with E-state index in [0.29, 0.717) is 15.9 Å². The third-order valence-electron chi connectivity index (χ3n) is 2.26. The number of nitrogens with zero attached hydrogens (tertiary/aromatic N) is 4. The van der Waals surface area contributed by atoms with E-state index >= 15 is 0 Å². The number of nitro benzene ring substituents is 1. The summed E-state index contributed by atoms with van der Waals surface area (Å²) >= 11 is 3.20. The minimum atomic E-state index is -1.00. The largest absolute Gasteiger partial charge is 0.481 e. The Morgan fingerprint density at radius 1 is 1.53 bits per heavy atom. The van der Waals surface area contributed by atoms with Gasteiger partial charge in [0.25, 0.3) is 5.69 Å². The minimum absolute atomic E-state index is 0.0542. The SMILES string of the molecule is O=C(O)Cc1cn(-c2ccc([N+](=O)[O-])cc2Br)nn1. The molecule has 9 heteroatoms. The number of aromatic nitrogens is 3. The predicted molar refractivity (Wildman–Crippen MR) is 67.1 cm³/mol. The molecule has 0 saturated carbocycles. The first-order chi connectivity index (χ1) is 8.97. The zero-order valence-electron chi connectivity index (χ0n) is 9.36. The van der Waals surface area contributed by atoms with Crippen molar-refractivity contribution in [3.05, 3.63) is 44.7 Å². The number of rotatable bonds is 4. The van der Waals surface area contributed by atoms with E-state index in [1.807, 2.05) is 0 Å². The van der Waals surface area contributed by atoms with E-state index in [1.54, 1.807) is 0 Å². The van der Waals surface area contributed by atoms with Crippen LogP contribution < -0.4 is 0 Å². The molecule has 2 rings (SSSR count). The Morgan fingerprint density at radius 2 is 2.26 bits per heavy atom. The quantitative estimate of drug-likeness (QED) is 0.674. The molecule has 1 N–H and O–H groups in total. The molecule has 0 spiro atoms. The Balaban J connectivity index is 2.34. The number of carboxylic acid groups (broad SMARTS) is 1. The summed E-state index contributed by atoms with van der Waals surface area (Å²) in [7, 11) is 0. The van der Waals surface area contributed by atoms with Gasteiger partial charge in [-0.25, -0.2) is 4.68 Å². The van der Waals surface area contributed by atoms with Crippen molar-refractivity contribution in [1.82, 2.24) is 15.0 Å². The van der Waals surface area contributed by atoms with Crippen molar-refractivity contribution in [3.63, 3.8) is 0 Å². The third-order valence-corrected chi connectivity index (χ3v) is 2.90. The van der Waals surface area contributed by atoms with Crippen LogP contribution in [-0.4, -0.2) is 31.0 Å². The lowest BCUT2D eigenvalue weighted by Crippen LogP contribution is -2.00. The summed E-state index contributed by atoms with van der Waals surface area (Å²) in [5.41, 5.74) is 0.786. The standard InChI is InChI=1S/C10H7BrN4O4/c11-8-4-7(15(18)19)1-2-9(8)14-5-6(12-13-14)3-10(16)17/h1-2,4-5H,3H2,(H,16,17). The fourth-order valence-electron chi connectivity index (χ4n) is 1.45. The van der Waals surface area contributed by atoms with E-state index in [4.69, 9.17) is 5.11 Å². The van der Waals surface area contributed by atoms with Crippen LogP contribution in [0, 0.1) is 10.1 Å². The van der Waals surface area contributed by atoms with Crippen LogP contribution in [-0.2, 0) is 11.2 Å². The Hall–Kier alpha value is -2.29. The van der Waals surface area contributed by atoms with Gasteiger partial charge in [0.2, 0.25) is 0 Å². The molecule has 8 nitrogen and oxygen atoms in total. The maximum Gasteiger partial charge on any atom is 0.309 e. The number of aliphatic carboxylic acids is 1. The summed E-state index contributed by atoms with van der Waals surface area (Å²) in [6.07, 6.45) is 1.23. The lowest BCUT2D eigenvalue weighted by atomic mass is 10.3. The van der Waals surface area contributed by atoms with Gasteiger partial charge in [-0.2, -0.15) is 0 Å². The van der Waals surface area contributed by atoms with E-state index in [2.05, 4.69) is 26.2 Å². The highest BCUT2D eigenvalue weighted by Gasteiger charge is 2.12. The topological polar surface area (TPSA) is 111 Å². The maximum atomic E-state index is 10.6. The van der Waals surface area contributed by atoms with Crippen LogP contribution in [0.1, 0.15) is 5.69 Å². The third kappa shape index (κ3) is 2.94. The van der Waals surface area contributed by atoms with E-state index in [0.717, 1.165) is 0 Å². The van der Waals surface area contributed by atoms with Gasteiger partial charge in [0.15, 0.2) is 0 Å². The molecule has 19 heavy (non-hydrogen) atoms. The smallest absolute Gasteiger partial charge is 0.309 e. The Morgan fingerprint density at radius 3 is 2.84 bits per heavy atom. The monoisotopic (exact) mass is 326 g/mol. The van der Waals surface area contributed by atoms with Crippen molar-refractivity contribution >= 4 is 27.6 Å². The van der Waals surface area contributed by atoms with Gasteiger partial charge in [0, 0.05) is 12.1 Å². The summed E-state index contributed by atoms with van der Waals surface area (Å²) in [4.78, 5) is 20.6. The molecular formula is C10H7BrN4O4. The fourth-order valence-corrected chi connectivity index (χ4v) is 2.00. The van der Waals surface area contributed by atoms with Crippen molar-refractivity contribution in [2.24, 2.45) is 0 Å². The first-order valence-corrected chi connectivity index (χ1v) is 5.84. The van der Waals surface area contributed by atoms with Gasteiger partial charge in [-0.3, -0.25) is 14.9 Å². The molecule has 2 aromatic rings. The first-order valence-electron chi connectivity index (χ1n) is 5.04. The molecule has 0 amide bonds. The van der Waals surface area contributed by atoms with Gasteiger partial charge in [-0.15, -0.1) is 5.10 Å². The van der Waals surface area contributed by atoms with Crippen LogP contribution in [0.4, 0.5) is 5.69 Å². The van der Waals surface area contributed by atoms with E-state index in [1.165, 1.54) is 29.1 Å². The molecule has 0 bridgehead atoms. The second-order valence-electron chi connectivity index (χ2n) is 3.62. The van der Waals surface area contributed by atoms with E-state index in [-0.39, 0.29) is 12.1 Å². The Labute approximate surface area is 114 Å². The molecule has 0 saturated heterocycles. The summed E-state index contributed by atoms with van der Waals surface area (Å²) in [6.45, 7) is 0. The number of halogens is 1. The lowest BCUT2D eigenvalue weighted by molar-refractivity contribution is -0.384. The summed E-state index contributed by atoms with van der Waals surface area (Å²) < 4.78 is 1.82. The van der Waals surface area contributed by atoms with Crippen LogP contribution in [0.25, 0.3) is 5.69 Å². The highest BCUT2D eigenvalue weighted by atomic mass is 79.9. The predicted octanol–water partition coefficient (Wildman–Crippen LogP) is 1.57. The Kier molecular flexibility index (Phi) is 3.56. The van der Waals surface area contributed by atoms with Gasteiger partial charge in [-0.05, 0) is 22.0 Å². The number of hydrogen-bond acceptors (Lipinski definition) is 5. The van der Waals surface area contributed by atoms with Gasteiger partial charge < -0.3 is 5.11 Å². The molecule has 0 fully saturated rings. The molecule has 0 unspecified atom stereocenters. The highest BCUT2D eigenvalue weighted by Crippen LogP contribution is 2.25. The molecule has 1 aromatic heterocycles. The summed E-state index contributed by atoms with van der Waals surface area (Å²) in [5.74, 6) is -1.00. The van der Waals surface area contributed by atoms with Crippen molar-refractivity contribution in [2.75, 3.05) is 0 Å². The molecule has 0 aliphatic rings. The van der Waals surface area contributed by atoms with Crippen LogP contribution in [0.2, 0.25) is 0 Å². The van der Waals surface area contributed by atoms with Gasteiger partial charge in [0.05, 0.1) is 33.4 Å². The number of non-ortho nitro benzene ring substituents is 1. The van der Waals surface area contributed by atoms with Crippen LogP contribution in [0.3, 0.4) is 0 Å². The molecule has 0 radical (unpaired) electrons. The number of carbonyl (C=O) groups is 1. The van der Waals surface area contributed by atoms with Gasteiger partial charge in [-0.1, -0.05) is 5.21 Å². The second-order valence-corrected chi connectivity index (χ2v) is 4.47. The number of benzene rings is 1. The first kappa shape index (κ1) is 13.1. The maximum absolute atomic E-state index is 10.6. The van der Waals surface area contributed by atoms with E-state index in [9.17, 15) is 14.9 Å². The summed E-state index contributed by atoms with van der Waals surface area (Å²) in [5, 5.41) is 26.7. The second kappa shape index (κ2) is 5.14. The average Bonchev–Trinajstić information content (AvgIpc) is 2.76. The van der Waals surface area contributed by atoms with Crippen molar-refractivity contribution in [2.45, 2.75) is 6.42 Å². The number of nitro groups is 1. The average molecular weight is 327 g/mol. The molecule has 0 atom stereocenters. The van der Waals surface area contributed by atoms with Crippen molar-refractivity contribution in [1.29, 1.82) is 0 Å². The number of carboxylic acids is 1. The van der Waals surface area contributed by atoms with Crippen LogP contribution in [0.5, 0.6) is 0 Å². The Bertz CT molecular complexity index is 655. The minimum Gasteiger partial charge on any atom is -0.481 e. The molecular weight excluding hydrogens is 320 g/mol. The zero-order valence-corrected chi connectivity index (χ0v) is 10.9. The molecule has 1 aromatic carbocycles. The van der Waals surface area contributed by atoms with Gasteiger partial charge in [0.1, 0.15) is 0 Å². The number of hydrogen-bond donors (Lipinski definition) is 1. The van der Waals surface area contributed by atoms with Crippen molar-refractivity contribution < 1.29 is 14.8 Å². The molecule has 0 aliphatic carbocycles. The highest BCUT2D eigenvalue weighted by molar-refractivity contribution is 9.10. The molecule has 98 valence electrons. The van der Waals surface area contributed by atoms with Crippen molar-refractivity contribution in [3.8, 4) is 5.69 Å². The van der Waals surface area contributed by atoms with Crippen LogP contribution >= 0.6 is 15.9 Å². The molecule has 1 heterocycles. The fraction of sp³-hybridized carbons (Fsp3) is 0.100. The van der Waals surface area contributed by atoms with Gasteiger partial charge >= 0.3 is 5.97 Å². The van der Waals surface area contributed by atoms with Crippen LogP contribution in [0.15, 0.2) is 28.9 Å². The lowest BCUT2D eigenvalue weighted by Gasteiger charge is -2.02.